The van der Waals surface area contributed by atoms with Gasteiger partial charge in [0, 0.05) is 34.9 Å². The summed E-state index contributed by atoms with van der Waals surface area (Å²) in [4.78, 5) is 20.4. The van der Waals surface area contributed by atoms with Crippen LogP contribution in [-0.2, 0) is 6.42 Å². The van der Waals surface area contributed by atoms with Gasteiger partial charge in [-0.05, 0) is 54.4 Å². The molecule has 4 rings (SSSR count). The first-order valence-corrected chi connectivity index (χ1v) is 9.67. The van der Waals surface area contributed by atoms with Gasteiger partial charge in [-0.2, -0.15) is 0 Å². The van der Waals surface area contributed by atoms with Gasteiger partial charge in [0.1, 0.15) is 5.82 Å². The van der Waals surface area contributed by atoms with Gasteiger partial charge < -0.3 is 10.3 Å². The number of benzene rings is 3. The zero-order valence-electron chi connectivity index (χ0n) is 16.2. The molecule has 0 spiro atoms. The van der Waals surface area contributed by atoms with Crippen molar-refractivity contribution in [3.8, 4) is 0 Å². The predicted molar refractivity (Wildman–Crippen MR) is 118 cm³/mol. The molecule has 4 aromatic rings. The van der Waals surface area contributed by atoms with Crippen molar-refractivity contribution < 1.29 is 9.18 Å². The highest BCUT2D eigenvalue weighted by Gasteiger charge is 2.09. The summed E-state index contributed by atoms with van der Waals surface area (Å²) in [6.45, 7) is 0.473. The Morgan fingerprint density at radius 3 is 2.47 bits per heavy atom. The molecule has 1 heterocycles. The molecule has 5 nitrogen and oxygen atoms in total. The SMILES string of the molecule is O=C(NC(=NCCc1c[nH]c2ccccc12)Nc1ccc(F)cc1)c1ccccc1. The second-order valence-corrected chi connectivity index (χ2v) is 6.79. The molecule has 0 aliphatic heterocycles. The Labute approximate surface area is 173 Å². The largest absolute Gasteiger partial charge is 0.361 e. The van der Waals surface area contributed by atoms with Crippen LogP contribution in [0.25, 0.3) is 10.9 Å². The smallest absolute Gasteiger partial charge is 0.257 e. The Morgan fingerprint density at radius 1 is 0.933 bits per heavy atom. The fraction of sp³-hybridized carbons (Fsp3) is 0.0833. The van der Waals surface area contributed by atoms with Crippen molar-refractivity contribution in [1.82, 2.24) is 10.3 Å². The molecule has 1 amide bonds. The number of rotatable bonds is 5. The van der Waals surface area contributed by atoms with E-state index in [-0.39, 0.29) is 11.7 Å². The number of aliphatic imine (C=N–C) groups is 1. The van der Waals surface area contributed by atoms with Crippen LogP contribution in [0, 0.1) is 5.82 Å². The molecular weight excluding hydrogens is 379 g/mol. The van der Waals surface area contributed by atoms with E-state index >= 15 is 0 Å². The van der Waals surface area contributed by atoms with Crippen LogP contribution >= 0.6 is 0 Å². The van der Waals surface area contributed by atoms with Crippen LogP contribution in [0.1, 0.15) is 15.9 Å². The van der Waals surface area contributed by atoms with Gasteiger partial charge in [0.05, 0.1) is 0 Å². The summed E-state index contributed by atoms with van der Waals surface area (Å²) in [6, 6.07) is 22.9. The molecule has 0 saturated carbocycles. The topological polar surface area (TPSA) is 69.3 Å². The molecule has 0 atom stereocenters. The standard InChI is InChI=1S/C24H21FN4O/c25-19-10-12-20(13-11-19)28-24(29-23(30)17-6-2-1-3-7-17)26-15-14-18-16-27-22-9-5-4-8-21(18)22/h1-13,16,27H,14-15H2,(H2,26,28,29,30). The predicted octanol–water partition coefficient (Wildman–Crippen LogP) is 4.75. The zero-order valence-corrected chi connectivity index (χ0v) is 16.2. The van der Waals surface area contributed by atoms with Crippen LogP contribution in [0.2, 0.25) is 0 Å². The summed E-state index contributed by atoms with van der Waals surface area (Å²) >= 11 is 0. The number of halogens is 1. The summed E-state index contributed by atoms with van der Waals surface area (Å²) < 4.78 is 13.2. The van der Waals surface area contributed by atoms with Crippen LogP contribution in [0.15, 0.2) is 90.1 Å². The molecule has 150 valence electrons. The van der Waals surface area contributed by atoms with E-state index in [1.54, 1.807) is 36.4 Å². The molecule has 0 radical (unpaired) electrons. The van der Waals surface area contributed by atoms with Crippen LogP contribution in [0.3, 0.4) is 0 Å². The average Bonchev–Trinajstić information content (AvgIpc) is 3.19. The van der Waals surface area contributed by atoms with E-state index in [1.165, 1.54) is 12.1 Å². The number of anilines is 1. The van der Waals surface area contributed by atoms with Gasteiger partial charge in [-0.3, -0.25) is 15.1 Å². The second-order valence-electron chi connectivity index (χ2n) is 6.79. The molecule has 1 aromatic heterocycles. The number of nitrogens with one attached hydrogen (secondary N) is 3. The highest BCUT2D eigenvalue weighted by molar-refractivity contribution is 6.09. The van der Waals surface area contributed by atoms with Gasteiger partial charge in [-0.1, -0.05) is 36.4 Å². The van der Waals surface area contributed by atoms with E-state index in [4.69, 9.17) is 0 Å². The first-order chi connectivity index (χ1) is 14.7. The van der Waals surface area contributed by atoms with Crippen molar-refractivity contribution >= 4 is 28.5 Å². The summed E-state index contributed by atoms with van der Waals surface area (Å²) in [6.07, 6.45) is 2.69. The van der Waals surface area contributed by atoms with Crippen molar-refractivity contribution in [1.29, 1.82) is 0 Å². The Hall–Kier alpha value is -3.93. The summed E-state index contributed by atoms with van der Waals surface area (Å²) in [5, 5.41) is 7.04. The molecule has 0 fully saturated rings. The fourth-order valence-electron chi connectivity index (χ4n) is 3.18. The number of guanidine groups is 1. The van der Waals surface area contributed by atoms with Crippen molar-refractivity contribution in [2.45, 2.75) is 6.42 Å². The van der Waals surface area contributed by atoms with E-state index in [0.29, 0.717) is 30.2 Å². The Morgan fingerprint density at radius 2 is 1.67 bits per heavy atom. The Kier molecular flexibility index (Phi) is 5.85. The minimum absolute atomic E-state index is 0.268. The minimum atomic E-state index is -0.327. The lowest BCUT2D eigenvalue weighted by Gasteiger charge is -2.12. The summed E-state index contributed by atoms with van der Waals surface area (Å²) in [7, 11) is 0. The maximum atomic E-state index is 13.2. The van der Waals surface area contributed by atoms with Crippen LogP contribution in [-0.4, -0.2) is 23.4 Å². The monoisotopic (exact) mass is 400 g/mol. The normalized spacial score (nSPS) is 11.4. The molecule has 3 N–H and O–H groups in total. The van der Waals surface area contributed by atoms with Gasteiger partial charge in [0.15, 0.2) is 0 Å². The number of hydrogen-bond acceptors (Lipinski definition) is 2. The molecule has 0 saturated heterocycles. The maximum Gasteiger partial charge on any atom is 0.257 e. The first kappa shape index (κ1) is 19.4. The van der Waals surface area contributed by atoms with Crippen molar-refractivity contribution in [3.63, 3.8) is 0 Å². The number of aromatic amines is 1. The highest BCUT2D eigenvalue weighted by atomic mass is 19.1. The number of H-pyrrole nitrogens is 1. The minimum Gasteiger partial charge on any atom is -0.361 e. The van der Waals surface area contributed by atoms with Crippen LogP contribution in [0.4, 0.5) is 10.1 Å². The molecule has 6 heteroatoms. The molecule has 0 bridgehead atoms. The number of carbonyl (C=O) groups excluding carboxylic acids is 1. The number of para-hydroxylation sites is 1. The number of nitrogens with zero attached hydrogens (tertiary/aromatic N) is 1. The molecule has 0 aliphatic rings. The third-order valence-corrected chi connectivity index (χ3v) is 4.70. The number of aromatic nitrogens is 1. The number of amides is 1. The van der Waals surface area contributed by atoms with E-state index in [2.05, 4.69) is 26.7 Å². The summed E-state index contributed by atoms with van der Waals surface area (Å²) in [5.74, 6) is -0.280. The van der Waals surface area contributed by atoms with Crippen molar-refractivity contribution in [2.24, 2.45) is 4.99 Å². The molecule has 0 aliphatic carbocycles. The van der Waals surface area contributed by atoms with E-state index in [1.807, 2.05) is 30.5 Å². The molecular formula is C24H21FN4O. The van der Waals surface area contributed by atoms with Gasteiger partial charge >= 0.3 is 0 Å². The number of carbonyl (C=O) groups is 1. The first-order valence-electron chi connectivity index (χ1n) is 9.67. The van der Waals surface area contributed by atoms with Crippen molar-refractivity contribution in [3.05, 3.63) is 102 Å². The lowest BCUT2D eigenvalue weighted by atomic mass is 10.1. The van der Waals surface area contributed by atoms with Crippen LogP contribution < -0.4 is 10.6 Å². The zero-order chi connectivity index (χ0) is 20.8. The third-order valence-electron chi connectivity index (χ3n) is 4.70. The van der Waals surface area contributed by atoms with Gasteiger partial charge in [0.25, 0.3) is 5.91 Å². The quantitative estimate of drug-likeness (QED) is 0.334. The fourth-order valence-corrected chi connectivity index (χ4v) is 3.18. The second kappa shape index (κ2) is 9.05. The third kappa shape index (κ3) is 4.72. The van der Waals surface area contributed by atoms with Gasteiger partial charge in [0.2, 0.25) is 5.96 Å². The highest BCUT2D eigenvalue weighted by Crippen LogP contribution is 2.18. The van der Waals surface area contributed by atoms with Crippen molar-refractivity contribution in [2.75, 3.05) is 11.9 Å². The van der Waals surface area contributed by atoms with E-state index in [0.717, 1.165) is 16.5 Å². The molecule has 0 unspecified atom stereocenters. The van der Waals surface area contributed by atoms with Crippen LogP contribution in [0.5, 0.6) is 0 Å². The van der Waals surface area contributed by atoms with E-state index in [9.17, 15) is 9.18 Å². The summed E-state index contributed by atoms with van der Waals surface area (Å²) in [5.41, 5.74) is 3.40. The maximum absolute atomic E-state index is 13.2. The molecule has 30 heavy (non-hydrogen) atoms. The number of hydrogen-bond donors (Lipinski definition) is 3. The van der Waals surface area contributed by atoms with E-state index < -0.39 is 0 Å². The lowest BCUT2D eigenvalue weighted by molar-refractivity contribution is 0.0977. The molecule has 3 aromatic carbocycles. The Bertz CT molecular complexity index is 1170. The average molecular weight is 400 g/mol. The number of fused-ring (bicyclic) bond motifs is 1. The Balaban J connectivity index is 1.50. The van der Waals surface area contributed by atoms with Gasteiger partial charge in [-0.25, -0.2) is 4.39 Å². The van der Waals surface area contributed by atoms with Gasteiger partial charge in [-0.15, -0.1) is 0 Å². The lowest BCUT2D eigenvalue weighted by Crippen LogP contribution is -2.36.